The van der Waals surface area contributed by atoms with Crippen LogP contribution >= 0.6 is 0 Å². The van der Waals surface area contributed by atoms with E-state index in [1.807, 2.05) is 13.8 Å². The summed E-state index contributed by atoms with van der Waals surface area (Å²) < 4.78 is 4.54. The number of rotatable bonds is 6. The van der Waals surface area contributed by atoms with E-state index in [2.05, 4.69) is 4.74 Å². The number of hydrogen-bond acceptors (Lipinski definition) is 4. The second-order valence-corrected chi connectivity index (χ2v) is 3.84. The second-order valence-electron chi connectivity index (χ2n) is 3.84. The Morgan fingerprint density at radius 2 is 1.87 bits per heavy atom. The molecule has 1 atom stereocenters. The van der Waals surface area contributed by atoms with Crippen molar-refractivity contribution in [3.05, 3.63) is 0 Å². The summed E-state index contributed by atoms with van der Waals surface area (Å²) in [6, 6.07) is 0.117. The zero-order valence-corrected chi connectivity index (χ0v) is 9.69. The van der Waals surface area contributed by atoms with Gasteiger partial charge < -0.3 is 9.84 Å². The number of carbonyl (C=O) groups excluding carboxylic acids is 1. The Kier molecular flexibility index (Phi) is 5.93. The molecule has 1 unspecified atom stereocenters. The predicted molar refractivity (Wildman–Crippen MR) is 55.5 cm³/mol. The van der Waals surface area contributed by atoms with Crippen molar-refractivity contribution in [2.75, 3.05) is 20.2 Å². The van der Waals surface area contributed by atoms with E-state index < -0.39 is 11.9 Å². The van der Waals surface area contributed by atoms with Gasteiger partial charge >= 0.3 is 11.9 Å². The highest BCUT2D eigenvalue weighted by molar-refractivity contribution is 5.72. The van der Waals surface area contributed by atoms with Crippen LogP contribution in [0.15, 0.2) is 0 Å². The molecule has 0 aliphatic carbocycles. The third-order valence-corrected chi connectivity index (χ3v) is 2.22. The van der Waals surface area contributed by atoms with Crippen LogP contribution in [-0.4, -0.2) is 48.2 Å². The molecule has 5 nitrogen and oxygen atoms in total. The topological polar surface area (TPSA) is 66.8 Å². The zero-order valence-electron chi connectivity index (χ0n) is 9.69. The first-order chi connectivity index (χ1) is 6.88. The second kappa shape index (κ2) is 6.40. The van der Waals surface area contributed by atoms with Gasteiger partial charge in [0.2, 0.25) is 0 Å². The summed E-state index contributed by atoms with van der Waals surface area (Å²) in [5, 5.41) is 8.76. The molecule has 0 aliphatic heterocycles. The van der Waals surface area contributed by atoms with E-state index in [-0.39, 0.29) is 18.6 Å². The first-order valence-corrected chi connectivity index (χ1v) is 4.92. The van der Waals surface area contributed by atoms with E-state index in [1.165, 1.54) is 7.11 Å². The minimum Gasteiger partial charge on any atom is -0.481 e. The van der Waals surface area contributed by atoms with Crippen molar-refractivity contribution >= 4 is 11.9 Å². The predicted octanol–water partition coefficient (Wildman–Crippen LogP) is 0.590. The van der Waals surface area contributed by atoms with Crippen LogP contribution in [0.2, 0.25) is 0 Å². The summed E-state index contributed by atoms with van der Waals surface area (Å²) in [5.74, 6) is -1.69. The van der Waals surface area contributed by atoms with E-state index in [0.29, 0.717) is 6.54 Å². The summed E-state index contributed by atoms with van der Waals surface area (Å²) in [4.78, 5) is 23.5. The number of carbonyl (C=O) groups is 2. The molecule has 15 heavy (non-hydrogen) atoms. The van der Waals surface area contributed by atoms with Crippen LogP contribution in [0.25, 0.3) is 0 Å². The minimum absolute atomic E-state index is 0.117. The van der Waals surface area contributed by atoms with Crippen LogP contribution in [0, 0.1) is 5.92 Å². The quantitative estimate of drug-likeness (QED) is 0.659. The van der Waals surface area contributed by atoms with Gasteiger partial charge in [0.15, 0.2) is 0 Å². The van der Waals surface area contributed by atoms with Crippen molar-refractivity contribution in [2.24, 2.45) is 5.92 Å². The summed E-state index contributed by atoms with van der Waals surface area (Å²) >= 11 is 0. The summed E-state index contributed by atoms with van der Waals surface area (Å²) in [6.07, 6.45) is 0. The van der Waals surface area contributed by atoms with Crippen molar-refractivity contribution in [1.29, 1.82) is 0 Å². The maximum absolute atomic E-state index is 11.1. The van der Waals surface area contributed by atoms with E-state index in [4.69, 9.17) is 5.11 Å². The highest BCUT2D eigenvalue weighted by Crippen LogP contribution is 2.05. The molecule has 0 amide bonds. The Balaban J connectivity index is 4.28. The number of ether oxygens (including phenoxy) is 1. The van der Waals surface area contributed by atoms with Gasteiger partial charge in [-0.05, 0) is 13.8 Å². The van der Waals surface area contributed by atoms with Gasteiger partial charge in [-0.1, -0.05) is 6.92 Å². The smallest absolute Gasteiger partial charge is 0.319 e. The van der Waals surface area contributed by atoms with Gasteiger partial charge in [0, 0.05) is 12.6 Å². The molecule has 0 bridgehead atoms. The molecular formula is C10H19NO4. The van der Waals surface area contributed by atoms with Gasteiger partial charge in [0.25, 0.3) is 0 Å². The van der Waals surface area contributed by atoms with Crippen molar-refractivity contribution in [3.63, 3.8) is 0 Å². The Labute approximate surface area is 90.0 Å². The average Bonchev–Trinajstić information content (AvgIpc) is 2.15. The monoisotopic (exact) mass is 217 g/mol. The van der Waals surface area contributed by atoms with E-state index in [1.54, 1.807) is 11.8 Å². The molecule has 5 heteroatoms. The lowest BCUT2D eigenvalue weighted by Gasteiger charge is -2.26. The Hall–Kier alpha value is -1.10. The van der Waals surface area contributed by atoms with Crippen molar-refractivity contribution in [3.8, 4) is 0 Å². The molecular weight excluding hydrogens is 198 g/mol. The molecule has 1 N–H and O–H groups in total. The molecule has 0 fully saturated rings. The van der Waals surface area contributed by atoms with Crippen LogP contribution in [-0.2, 0) is 14.3 Å². The third kappa shape index (κ3) is 5.37. The van der Waals surface area contributed by atoms with Crippen LogP contribution in [0.3, 0.4) is 0 Å². The molecule has 0 aromatic heterocycles. The van der Waals surface area contributed by atoms with Crippen molar-refractivity contribution in [1.82, 2.24) is 4.90 Å². The summed E-state index contributed by atoms with van der Waals surface area (Å²) in [5.41, 5.74) is 0. The fourth-order valence-electron chi connectivity index (χ4n) is 1.12. The molecule has 0 aromatic carbocycles. The lowest BCUT2D eigenvalue weighted by molar-refractivity contribution is -0.146. The molecule has 0 saturated heterocycles. The fraction of sp³-hybridized carbons (Fsp3) is 0.800. The molecule has 0 aliphatic rings. The van der Waals surface area contributed by atoms with E-state index in [0.717, 1.165) is 0 Å². The van der Waals surface area contributed by atoms with Crippen molar-refractivity contribution in [2.45, 2.75) is 26.8 Å². The molecule has 0 heterocycles. The fourth-order valence-corrected chi connectivity index (χ4v) is 1.12. The first-order valence-electron chi connectivity index (χ1n) is 4.92. The van der Waals surface area contributed by atoms with Gasteiger partial charge in [-0.25, -0.2) is 0 Å². The van der Waals surface area contributed by atoms with Gasteiger partial charge in [-0.2, -0.15) is 0 Å². The number of carboxylic acid groups (broad SMARTS) is 1. The van der Waals surface area contributed by atoms with E-state index >= 15 is 0 Å². The van der Waals surface area contributed by atoms with Crippen LogP contribution in [0.5, 0.6) is 0 Å². The number of carboxylic acids is 1. The van der Waals surface area contributed by atoms with Gasteiger partial charge in [-0.3, -0.25) is 14.5 Å². The SMILES string of the molecule is COC(=O)CN(CC(C)C(=O)O)C(C)C. The van der Waals surface area contributed by atoms with Gasteiger partial charge in [0.1, 0.15) is 0 Å². The average molecular weight is 217 g/mol. The molecule has 0 rings (SSSR count). The molecule has 0 saturated carbocycles. The standard InChI is InChI=1S/C10H19NO4/c1-7(2)11(6-9(12)15-4)5-8(3)10(13)14/h7-8H,5-6H2,1-4H3,(H,13,14). The third-order valence-electron chi connectivity index (χ3n) is 2.22. The summed E-state index contributed by atoms with van der Waals surface area (Å²) in [7, 11) is 1.32. The lowest BCUT2D eigenvalue weighted by atomic mass is 10.1. The van der Waals surface area contributed by atoms with Gasteiger partial charge in [-0.15, -0.1) is 0 Å². The minimum atomic E-state index is -0.856. The van der Waals surface area contributed by atoms with Crippen molar-refractivity contribution < 1.29 is 19.4 Å². The maximum atomic E-state index is 11.1. The number of nitrogens with zero attached hydrogens (tertiary/aromatic N) is 1. The molecule has 88 valence electrons. The largest absolute Gasteiger partial charge is 0.481 e. The normalized spacial score (nSPS) is 12.9. The number of hydrogen-bond donors (Lipinski definition) is 1. The first kappa shape index (κ1) is 13.9. The van der Waals surface area contributed by atoms with Gasteiger partial charge in [0.05, 0.1) is 19.6 Å². The lowest BCUT2D eigenvalue weighted by Crippen LogP contribution is -2.40. The molecule has 0 spiro atoms. The Bertz CT molecular complexity index is 227. The van der Waals surface area contributed by atoms with Crippen LogP contribution in [0.4, 0.5) is 0 Å². The number of esters is 1. The Morgan fingerprint density at radius 3 is 2.20 bits per heavy atom. The maximum Gasteiger partial charge on any atom is 0.319 e. The zero-order chi connectivity index (χ0) is 12.0. The number of methoxy groups -OCH3 is 1. The van der Waals surface area contributed by atoms with Crippen LogP contribution < -0.4 is 0 Å². The molecule has 0 radical (unpaired) electrons. The molecule has 0 aromatic rings. The summed E-state index contributed by atoms with van der Waals surface area (Å²) in [6.45, 7) is 5.93. The highest BCUT2D eigenvalue weighted by Gasteiger charge is 2.20. The highest BCUT2D eigenvalue weighted by atomic mass is 16.5. The number of aliphatic carboxylic acids is 1. The van der Waals surface area contributed by atoms with E-state index in [9.17, 15) is 9.59 Å². The Morgan fingerprint density at radius 1 is 1.33 bits per heavy atom. The van der Waals surface area contributed by atoms with Crippen LogP contribution in [0.1, 0.15) is 20.8 Å².